The number of nitriles is 1. The van der Waals surface area contributed by atoms with Crippen LogP contribution >= 0.6 is 0 Å². The Morgan fingerprint density at radius 3 is 2.44 bits per heavy atom. The first-order valence-corrected chi connectivity index (χ1v) is 11.2. The van der Waals surface area contributed by atoms with Crippen molar-refractivity contribution in [3.63, 3.8) is 0 Å². The number of anilines is 1. The van der Waals surface area contributed by atoms with Crippen LogP contribution in [0.5, 0.6) is 0 Å². The number of nitrogens with zero attached hydrogens (tertiary/aromatic N) is 4. The number of pyridine rings is 1. The molecule has 0 spiro atoms. The van der Waals surface area contributed by atoms with E-state index in [0.717, 1.165) is 43.0 Å². The summed E-state index contributed by atoms with van der Waals surface area (Å²) < 4.78 is 44.0. The number of aromatic nitrogens is 3. The normalized spacial score (nSPS) is 13.7. The first kappa shape index (κ1) is 24.9. The lowest BCUT2D eigenvalue weighted by atomic mass is 10.00. The first-order chi connectivity index (χ1) is 17.0. The van der Waals surface area contributed by atoms with E-state index in [1.165, 1.54) is 18.3 Å². The molecule has 0 bridgehead atoms. The highest BCUT2D eigenvalue weighted by molar-refractivity contribution is 5.96. The first-order valence-electron chi connectivity index (χ1n) is 11.2. The zero-order valence-corrected chi connectivity index (χ0v) is 19.6. The van der Waals surface area contributed by atoms with Gasteiger partial charge in [0.1, 0.15) is 17.2 Å². The molecule has 0 aliphatic heterocycles. The summed E-state index contributed by atoms with van der Waals surface area (Å²) in [4.78, 5) is 29.3. The maximum Gasteiger partial charge on any atom is 0.324 e. The molecule has 0 radical (unpaired) electrons. The van der Waals surface area contributed by atoms with Gasteiger partial charge in [0.15, 0.2) is 5.67 Å². The number of halogens is 3. The molecule has 3 aromatic rings. The molecule has 2 amide bonds. The Labute approximate surface area is 205 Å². The minimum Gasteiger partial charge on any atom is -0.347 e. The standard InChI is InChI=1S/C25H23F3N6O2/c1-24(2,26)25(27,28)20-9-10-34(33-20)18-11-19(31-21(12-18)32-22(35)17-7-8-17)23(36)30-14-16-5-3-15(13-29)4-6-16/h3-6,9-12,17H,7-8,14H2,1-2H3,(H,30,36)(H,31,32,35). The van der Waals surface area contributed by atoms with Crippen LogP contribution in [-0.2, 0) is 17.3 Å². The van der Waals surface area contributed by atoms with Crippen LogP contribution in [0.2, 0.25) is 0 Å². The average molecular weight is 496 g/mol. The molecular formula is C25H23F3N6O2. The van der Waals surface area contributed by atoms with Gasteiger partial charge in [0.25, 0.3) is 5.91 Å². The summed E-state index contributed by atoms with van der Waals surface area (Å²) in [5.41, 5.74) is -2.30. The zero-order valence-electron chi connectivity index (χ0n) is 19.6. The van der Waals surface area contributed by atoms with Gasteiger partial charge in [0.05, 0.1) is 17.3 Å². The molecule has 1 fully saturated rings. The minimum absolute atomic E-state index is 0.0579. The van der Waals surface area contributed by atoms with Crippen LogP contribution in [0.25, 0.3) is 5.69 Å². The molecule has 0 unspecified atom stereocenters. The molecule has 1 aromatic carbocycles. The Bertz CT molecular complexity index is 1340. The fourth-order valence-electron chi connectivity index (χ4n) is 3.31. The zero-order chi connectivity index (χ0) is 26.1. The maximum atomic E-state index is 14.5. The highest BCUT2D eigenvalue weighted by atomic mass is 19.3. The van der Waals surface area contributed by atoms with Crippen LogP contribution in [0.3, 0.4) is 0 Å². The van der Waals surface area contributed by atoms with E-state index >= 15 is 0 Å². The molecule has 0 saturated heterocycles. The Morgan fingerprint density at radius 1 is 1.14 bits per heavy atom. The molecule has 186 valence electrons. The molecule has 0 atom stereocenters. The summed E-state index contributed by atoms with van der Waals surface area (Å²) in [6, 6.07) is 12.4. The number of hydrogen-bond donors (Lipinski definition) is 2. The third kappa shape index (κ3) is 5.38. The quantitative estimate of drug-likeness (QED) is 0.484. The van der Waals surface area contributed by atoms with E-state index < -0.39 is 23.2 Å². The molecule has 4 rings (SSSR count). The lowest BCUT2D eigenvalue weighted by Crippen LogP contribution is -2.36. The van der Waals surface area contributed by atoms with Crippen molar-refractivity contribution in [2.75, 3.05) is 5.32 Å². The third-order valence-electron chi connectivity index (χ3n) is 5.70. The fraction of sp³-hybridized carbons (Fsp3) is 0.320. The second kappa shape index (κ2) is 9.45. The number of carbonyl (C=O) groups is 2. The van der Waals surface area contributed by atoms with Crippen molar-refractivity contribution in [1.29, 1.82) is 5.26 Å². The van der Waals surface area contributed by atoms with Gasteiger partial charge in [-0.3, -0.25) is 9.59 Å². The summed E-state index contributed by atoms with van der Waals surface area (Å²) >= 11 is 0. The van der Waals surface area contributed by atoms with Gasteiger partial charge in [0.2, 0.25) is 5.91 Å². The molecule has 36 heavy (non-hydrogen) atoms. The van der Waals surface area contributed by atoms with E-state index in [1.54, 1.807) is 24.3 Å². The number of alkyl halides is 3. The van der Waals surface area contributed by atoms with Crippen molar-refractivity contribution in [3.05, 3.63) is 71.2 Å². The molecule has 2 heterocycles. The van der Waals surface area contributed by atoms with Crippen LogP contribution in [0, 0.1) is 17.2 Å². The fourth-order valence-corrected chi connectivity index (χ4v) is 3.31. The van der Waals surface area contributed by atoms with Gasteiger partial charge >= 0.3 is 5.92 Å². The van der Waals surface area contributed by atoms with E-state index in [1.807, 2.05) is 6.07 Å². The predicted octanol–water partition coefficient (Wildman–Crippen LogP) is 4.26. The molecule has 11 heteroatoms. The minimum atomic E-state index is -3.85. The Hall–Kier alpha value is -4.20. The highest BCUT2D eigenvalue weighted by Gasteiger charge is 2.50. The lowest BCUT2D eigenvalue weighted by molar-refractivity contribution is -0.130. The molecule has 2 N–H and O–H groups in total. The lowest BCUT2D eigenvalue weighted by Gasteiger charge is -2.24. The Balaban J connectivity index is 1.61. The summed E-state index contributed by atoms with van der Waals surface area (Å²) in [5.74, 6) is -4.76. The van der Waals surface area contributed by atoms with Gasteiger partial charge in [-0.1, -0.05) is 12.1 Å². The number of nitrogens with one attached hydrogen (secondary N) is 2. The topological polar surface area (TPSA) is 113 Å². The molecular weight excluding hydrogens is 473 g/mol. The van der Waals surface area contributed by atoms with Crippen molar-refractivity contribution in [3.8, 4) is 11.8 Å². The van der Waals surface area contributed by atoms with E-state index in [-0.39, 0.29) is 35.6 Å². The van der Waals surface area contributed by atoms with Crippen molar-refractivity contribution in [1.82, 2.24) is 20.1 Å². The van der Waals surface area contributed by atoms with Crippen LogP contribution in [0.15, 0.2) is 48.7 Å². The van der Waals surface area contributed by atoms with E-state index in [2.05, 4.69) is 20.7 Å². The molecule has 1 saturated carbocycles. The van der Waals surface area contributed by atoms with Gasteiger partial charge in [-0.15, -0.1) is 0 Å². The molecule has 1 aliphatic carbocycles. The van der Waals surface area contributed by atoms with Gasteiger partial charge < -0.3 is 10.6 Å². The molecule has 8 nitrogen and oxygen atoms in total. The van der Waals surface area contributed by atoms with E-state index in [0.29, 0.717) is 5.56 Å². The van der Waals surface area contributed by atoms with E-state index in [4.69, 9.17) is 5.26 Å². The van der Waals surface area contributed by atoms with Gasteiger partial charge in [-0.2, -0.15) is 19.1 Å². The van der Waals surface area contributed by atoms with Crippen LogP contribution in [0.1, 0.15) is 54.0 Å². The number of carbonyl (C=O) groups excluding carboxylic acids is 2. The second-order valence-corrected chi connectivity index (χ2v) is 9.04. The Kier molecular flexibility index (Phi) is 6.54. The number of rotatable bonds is 8. The monoisotopic (exact) mass is 496 g/mol. The number of benzene rings is 1. The van der Waals surface area contributed by atoms with Crippen LogP contribution in [-0.4, -0.2) is 32.2 Å². The van der Waals surface area contributed by atoms with Crippen LogP contribution < -0.4 is 10.6 Å². The van der Waals surface area contributed by atoms with Gasteiger partial charge in [-0.05, 0) is 56.5 Å². The summed E-state index contributed by atoms with van der Waals surface area (Å²) in [7, 11) is 0. The summed E-state index contributed by atoms with van der Waals surface area (Å²) in [6.45, 7) is 1.67. The maximum absolute atomic E-state index is 14.5. The van der Waals surface area contributed by atoms with Crippen molar-refractivity contribution >= 4 is 17.6 Å². The SMILES string of the molecule is CC(C)(F)C(F)(F)c1ccn(-c2cc(NC(=O)C3CC3)nc(C(=O)NCc3ccc(C#N)cc3)c2)n1. The third-order valence-corrected chi connectivity index (χ3v) is 5.70. The largest absolute Gasteiger partial charge is 0.347 e. The van der Waals surface area contributed by atoms with Crippen molar-refractivity contribution < 1.29 is 22.8 Å². The summed E-state index contributed by atoms with van der Waals surface area (Å²) in [5, 5.41) is 18.1. The van der Waals surface area contributed by atoms with Gasteiger partial charge in [0, 0.05) is 24.7 Å². The average Bonchev–Trinajstić information content (AvgIpc) is 3.57. The smallest absolute Gasteiger partial charge is 0.324 e. The Morgan fingerprint density at radius 2 is 1.83 bits per heavy atom. The van der Waals surface area contributed by atoms with Crippen molar-refractivity contribution in [2.45, 2.75) is 44.8 Å². The number of hydrogen-bond acceptors (Lipinski definition) is 5. The van der Waals surface area contributed by atoms with Crippen LogP contribution in [0.4, 0.5) is 19.0 Å². The highest BCUT2D eigenvalue weighted by Crippen LogP contribution is 2.40. The van der Waals surface area contributed by atoms with Gasteiger partial charge in [-0.25, -0.2) is 14.1 Å². The molecule has 1 aliphatic rings. The predicted molar refractivity (Wildman–Crippen MR) is 124 cm³/mol. The number of amides is 2. The summed E-state index contributed by atoms with van der Waals surface area (Å²) in [6.07, 6.45) is 2.72. The van der Waals surface area contributed by atoms with Crippen molar-refractivity contribution in [2.24, 2.45) is 5.92 Å². The second-order valence-electron chi connectivity index (χ2n) is 9.04. The van der Waals surface area contributed by atoms with E-state index in [9.17, 15) is 22.8 Å². The molecule has 2 aromatic heterocycles.